The fourth-order valence-electron chi connectivity index (χ4n) is 5.98. The van der Waals surface area contributed by atoms with Gasteiger partial charge < -0.3 is 19.3 Å². The quantitative estimate of drug-likeness (QED) is 0.742. The summed E-state index contributed by atoms with van der Waals surface area (Å²) in [7, 11) is 0. The largest absolute Gasteiger partial charge is 0.381 e. The highest BCUT2D eigenvalue weighted by Crippen LogP contribution is 2.37. The molecule has 1 atom stereocenters. The zero-order valence-electron chi connectivity index (χ0n) is 18.7. The molecule has 4 saturated heterocycles. The Morgan fingerprint density at radius 1 is 0.871 bits per heavy atom. The molecule has 6 nitrogen and oxygen atoms in total. The van der Waals surface area contributed by atoms with E-state index in [2.05, 4.69) is 45.0 Å². The lowest BCUT2D eigenvalue weighted by molar-refractivity contribution is -0.154. The summed E-state index contributed by atoms with van der Waals surface area (Å²) in [6, 6.07) is 11.4. The predicted molar refractivity (Wildman–Crippen MR) is 121 cm³/mol. The Hall–Kier alpha value is -1.63. The van der Waals surface area contributed by atoms with Gasteiger partial charge in [0.05, 0.1) is 5.60 Å². The van der Waals surface area contributed by atoms with Gasteiger partial charge in [0.2, 0.25) is 5.91 Å². The molecule has 0 saturated carbocycles. The van der Waals surface area contributed by atoms with Crippen LogP contribution in [0.5, 0.6) is 0 Å². The van der Waals surface area contributed by atoms with Crippen LogP contribution in [0.15, 0.2) is 30.3 Å². The first-order chi connectivity index (χ1) is 15.2. The minimum Gasteiger partial charge on any atom is -0.381 e. The van der Waals surface area contributed by atoms with Gasteiger partial charge in [0.25, 0.3) is 0 Å². The zero-order chi connectivity index (χ0) is 21.1. The van der Waals surface area contributed by atoms with Gasteiger partial charge >= 0.3 is 0 Å². The molecule has 4 aliphatic heterocycles. The summed E-state index contributed by atoms with van der Waals surface area (Å²) >= 11 is 0. The Bertz CT molecular complexity index is 721. The van der Waals surface area contributed by atoms with Crippen molar-refractivity contribution in [3.8, 4) is 0 Å². The second-order valence-corrected chi connectivity index (χ2v) is 9.75. The molecular weight excluding hydrogens is 390 g/mol. The summed E-state index contributed by atoms with van der Waals surface area (Å²) in [5.41, 5.74) is 1.32. The van der Waals surface area contributed by atoms with E-state index in [0.29, 0.717) is 11.9 Å². The predicted octanol–water partition coefficient (Wildman–Crippen LogP) is 2.78. The lowest BCUT2D eigenvalue weighted by atomic mass is 9.81. The normalized spacial score (nSPS) is 28.1. The average molecular weight is 428 g/mol. The smallest absolute Gasteiger partial charge is 0.225 e. The van der Waals surface area contributed by atoms with Gasteiger partial charge in [-0.3, -0.25) is 9.69 Å². The standard InChI is InChI=1S/C25H37N3O3/c29-24(21-6-17-30-18-7-21)28-11-9-25(10-12-28)20-23(8-19-31-25)27-15-13-26(14-16-27)22-4-2-1-3-5-22/h1-5,21,23H,6-20H2. The van der Waals surface area contributed by atoms with Gasteiger partial charge in [0.15, 0.2) is 0 Å². The van der Waals surface area contributed by atoms with E-state index in [1.165, 1.54) is 5.69 Å². The third-order valence-electron chi connectivity index (χ3n) is 7.98. The van der Waals surface area contributed by atoms with Gasteiger partial charge in [-0.2, -0.15) is 0 Å². The van der Waals surface area contributed by atoms with Crippen LogP contribution in [0.4, 0.5) is 5.69 Å². The third kappa shape index (κ3) is 4.76. The summed E-state index contributed by atoms with van der Waals surface area (Å²) in [6.07, 6.45) is 6.00. The molecule has 1 spiro atoms. The second kappa shape index (κ2) is 9.47. The molecule has 5 rings (SSSR count). The molecule has 1 aromatic carbocycles. The number of ether oxygens (including phenoxy) is 2. The van der Waals surface area contributed by atoms with Crippen LogP contribution in [-0.4, -0.2) is 86.4 Å². The monoisotopic (exact) mass is 427 g/mol. The van der Waals surface area contributed by atoms with Crippen LogP contribution in [0.1, 0.15) is 38.5 Å². The van der Waals surface area contributed by atoms with E-state index in [4.69, 9.17) is 9.47 Å². The molecule has 0 bridgehead atoms. The fraction of sp³-hybridized carbons (Fsp3) is 0.720. The lowest BCUT2D eigenvalue weighted by Gasteiger charge is -2.50. The molecule has 4 fully saturated rings. The minimum absolute atomic E-state index is 0.0219. The molecular formula is C25H37N3O3. The van der Waals surface area contributed by atoms with Crippen molar-refractivity contribution in [3.63, 3.8) is 0 Å². The van der Waals surface area contributed by atoms with Crippen LogP contribution in [0, 0.1) is 5.92 Å². The highest BCUT2D eigenvalue weighted by molar-refractivity contribution is 5.79. The van der Waals surface area contributed by atoms with Crippen LogP contribution in [-0.2, 0) is 14.3 Å². The van der Waals surface area contributed by atoms with Crippen molar-refractivity contribution in [3.05, 3.63) is 30.3 Å². The van der Waals surface area contributed by atoms with Gasteiger partial charge in [0.1, 0.15) is 0 Å². The van der Waals surface area contributed by atoms with Crippen LogP contribution in [0.2, 0.25) is 0 Å². The lowest BCUT2D eigenvalue weighted by Crippen LogP contribution is -2.58. The highest BCUT2D eigenvalue weighted by atomic mass is 16.5. The summed E-state index contributed by atoms with van der Waals surface area (Å²) in [4.78, 5) is 20.2. The van der Waals surface area contributed by atoms with Crippen LogP contribution in [0.3, 0.4) is 0 Å². The number of piperidine rings is 1. The number of carbonyl (C=O) groups is 1. The van der Waals surface area contributed by atoms with Gasteiger partial charge in [-0.05, 0) is 50.7 Å². The molecule has 0 aromatic heterocycles. The number of benzene rings is 1. The summed E-state index contributed by atoms with van der Waals surface area (Å²) < 4.78 is 11.8. The van der Waals surface area contributed by atoms with E-state index < -0.39 is 0 Å². The Labute approximate surface area is 186 Å². The molecule has 4 aliphatic rings. The van der Waals surface area contributed by atoms with Crippen LogP contribution < -0.4 is 4.90 Å². The fourth-order valence-corrected chi connectivity index (χ4v) is 5.98. The van der Waals surface area contributed by atoms with Gasteiger partial charge in [-0.25, -0.2) is 0 Å². The Kier molecular flexibility index (Phi) is 6.49. The zero-order valence-corrected chi connectivity index (χ0v) is 18.7. The molecule has 6 heteroatoms. The molecule has 4 heterocycles. The van der Waals surface area contributed by atoms with Crippen molar-refractivity contribution < 1.29 is 14.3 Å². The van der Waals surface area contributed by atoms with Gasteiger partial charge in [-0.1, -0.05) is 18.2 Å². The van der Waals surface area contributed by atoms with E-state index in [0.717, 1.165) is 97.6 Å². The number of rotatable bonds is 3. The summed E-state index contributed by atoms with van der Waals surface area (Å²) in [5.74, 6) is 0.520. The number of amides is 1. The average Bonchev–Trinajstić information content (AvgIpc) is 2.85. The first-order valence-electron chi connectivity index (χ1n) is 12.3. The summed E-state index contributed by atoms with van der Waals surface area (Å²) in [5, 5.41) is 0. The molecule has 31 heavy (non-hydrogen) atoms. The first-order valence-corrected chi connectivity index (χ1v) is 12.3. The molecule has 1 aromatic rings. The SMILES string of the molecule is O=C(C1CCOCC1)N1CCC2(CC1)CC(N1CCN(c3ccccc3)CC1)CCO2. The maximum atomic E-state index is 12.9. The van der Waals surface area contributed by atoms with Gasteiger partial charge in [-0.15, -0.1) is 0 Å². The molecule has 0 radical (unpaired) electrons. The maximum absolute atomic E-state index is 12.9. The number of likely N-dealkylation sites (tertiary alicyclic amines) is 1. The first kappa shape index (κ1) is 21.2. The van der Waals surface area contributed by atoms with E-state index >= 15 is 0 Å². The van der Waals surface area contributed by atoms with E-state index in [-0.39, 0.29) is 11.5 Å². The Balaban J connectivity index is 1.13. The Morgan fingerprint density at radius 2 is 1.58 bits per heavy atom. The number of piperazine rings is 1. The van der Waals surface area contributed by atoms with Crippen molar-refractivity contribution in [2.24, 2.45) is 5.92 Å². The van der Waals surface area contributed by atoms with Gasteiger partial charge in [0, 0.05) is 76.7 Å². The van der Waals surface area contributed by atoms with Crippen molar-refractivity contribution in [1.82, 2.24) is 9.80 Å². The van der Waals surface area contributed by atoms with Crippen molar-refractivity contribution >= 4 is 11.6 Å². The number of carbonyl (C=O) groups excluding carboxylic acids is 1. The van der Waals surface area contributed by atoms with E-state index in [1.54, 1.807) is 0 Å². The topological polar surface area (TPSA) is 45.2 Å². The molecule has 1 unspecified atom stereocenters. The molecule has 170 valence electrons. The van der Waals surface area contributed by atoms with Crippen LogP contribution in [0.25, 0.3) is 0 Å². The third-order valence-corrected chi connectivity index (χ3v) is 7.98. The van der Waals surface area contributed by atoms with Crippen molar-refractivity contribution in [1.29, 1.82) is 0 Å². The second-order valence-electron chi connectivity index (χ2n) is 9.75. The molecule has 1 amide bonds. The number of hydrogen-bond acceptors (Lipinski definition) is 5. The summed E-state index contributed by atoms with van der Waals surface area (Å²) in [6.45, 7) is 8.48. The number of anilines is 1. The van der Waals surface area contributed by atoms with Crippen LogP contribution >= 0.6 is 0 Å². The molecule has 0 aliphatic carbocycles. The van der Waals surface area contributed by atoms with Crippen molar-refractivity contribution in [2.45, 2.75) is 50.2 Å². The van der Waals surface area contributed by atoms with E-state index in [9.17, 15) is 4.79 Å². The van der Waals surface area contributed by atoms with Crippen molar-refractivity contribution in [2.75, 3.05) is 64.0 Å². The minimum atomic E-state index is -0.0219. The number of hydrogen-bond donors (Lipinski definition) is 0. The maximum Gasteiger partial charge on any atom is 0.225 e. The highest BCUT2D eigenvalue weighted by Gasteiger charge is 2.43. The van der Waals surface area contributed by atoms with E-state index in [1.807, 2.05) is 0 Å². The molecule has 0 N–H and O–H groups in total. The Morgan fingerprint density at radius 3 is 2.29 bits per heavy atom. The number of nitrogens with zero attached hydrogens (tertiary/aromatic N) is 3. The number of para-hydroxylation sites is 1.